The number of hydrogen-bond acceptors (Lipinski definition) is 12. The smallest absolute Gasteiger partial charge is 0.307 e. The van der Waals surface area contributed by atoms with Crippen LogP contribution in [-0.2, 0) is 28.8 Å². The molecule has 4 rings (SSSR count). The van der Waals surface area contributed by atoms with Crippen molar-refractivity contribution in [3.63, 3.8) is 0 Å². The zero-order valence-electron chi connectivity index (χ0n) is 25.7. The number of ether oxygens (including phenoxy) is 2. The average molecular weight is 645 g/mol. The third-order valence-corrected chi connectivity index (χ3v) is 10.3. The van der Waals surface area contributed by atoms with E-state index in [1.54, 1.807) is 0 Å². The van der Waals surface area contributed by atoms with Gasteiger partial charge in [0.1, 0.15) is 12.7 Å². The summed E-state index contributed by atoms with van der Waals surface area (Å²) in [4.78, 5) is 57.0. The normalized spacial score (nSPS) is 35.8. The Bertz CT molecular complexity index is 964. The fraction of sp³-hybridized carbons (Fsp3) is 0.931. The SMILES string of the molecule is O=C(O)C1CCCC([N+](=O)[O-])C1C(=O)NC1CCC(OCOC2CCC(NOCC3C(COO)CCCC3[N+](=O)[O-])CC2)CC1. The summed E-state index contributed by atoms with van der Waals surface area (Å²) < 4.78 is 11.9. The highest BCUT2D eigenvalue weighted by atomic mass is 17.1. The summed E-state index contributed by atoms with van der Waals surface area (Å²) in [6, 6.07) is -1.96. The summed E-state index contributed by atoms with van der Waals surface area (Å²) >= 11 is 0. The van der Waals surface area contributed by atoms with Crippen molar-refractivity contribution in [3.8, 4) is 0 Å². The minimum absolute atomic E-state index is 0.0274. The summed E-state index contributed by atoms with van der Waals surface area (Å²) in [6.07, 6.45) is 8.81. The van der Waals surface area contributed by atoms with E-state index in [9.17, 15) is 34.9 Å². The minimum Gasteiger partial charge on any atom is -0.481 e. The molecule has 0 aliphatic heterocycles. The van der Waals surface area contributed by atoms with E-state index in [0.29, 0.717) is 38.5 Å². The van der Waals surface area contributed by atoms with Crippen molar-refractivity contribution < 1.29 is 49.0 Å². The Balaban J connectivity index is 1.09. The van der Waals surface area contributed by atoms with Gasteiger partial charge < -0.3 is 24.7 Å². The highest BCUT2D eigenvalue weighted by Crippen LogP contribution is 2.34. The van der Waals surface area contributed by atoms with Gasteiger partial charge in [-0.05, 0) is 83.0 Å². The molecule has 0 bridgehead atoms. The molecule has 6 atom stereocenters. The van der Waals surface area contributed by atoms with Crippen LogP contribution < -0.4 is 10.8 Å². The van der Waals surface area contributed by atoms with Crippen LogP contribution in [0.5, 0.6) is 0 Å². The molecule has 0 saturated heterocycles. The van der Waals surface area contributed by atoms with E-state index in [1.807, 2.05) is 0 Å². The molecule has 4 saturated carbocycles. The van der Waals surface area contributed by atoms with Gasteiger partial charge in [-0.25, -0.2) is 4.89 Å². The van der Waals surface area contributed by atoms with Gasteiger partial charge in [-0.2, -0.15) is 5.48 Å². The van der Waals surface area contributed by atoms with Crippen LogP contribution in [0.3, 0.4) is 0 Å². The Kier molecular flexibility index (Phi) is 13.7. The summed E-state index contributed by atoms with van der Waals surface area (Å²) in [7, 11) is 0. The Labute approximate surface area is 262 Å². The zero-order chi connectivity index (χ0) is 32.3. The molecule has 4 aliphatic carbocycles. The molecule has 0 aromatic carbocycles. The number of rotatable bonds is 15. The highest BCUT2D eigenvalue weighted by Gasteiger charge is 2.49. The van der Waals surface area contributed by atoms with Crippen molar-refractivity contribution in [1.29, 1.82) is 0 Å². The van der Waals surface area contributed by atoms with Gasteiger partial charge in [0.15, 0.2) is 0 Å². The first-order valence-electron chi connectivity index (χ1n) is 16.3. The van der Waals surface area contributed by atoms with Crippen molar-refractivity contribution >= 4 is 11.9 Å². The van der Waals surface area contributed by atoms with Crippen LogP contribution >= 0.6 is 0 Å². The maximum absolute atomic E-state index is 13.0. The monoisotopic (exact) mass is 644 g/mol. The van der Waals surface area contributed by atoms with E-state index in [2.05, 4.69) is 15.7 Å². The summed E-state index contributed by atoms with van der Waals surface area (Å²) in [5.41, 5.74) is 3.07. The van der Waals surface area contributed by atoms with Gasteiger partial charge in [0.2, 0.25) is 18.0 Å². The van der Waals surface area contributed by atoms with Crippen LogP contribution in [0.4, 0.5) is 0 Å². The standard InChI is InChI=1S/C29H48N4O12/c34-28(27-23(29(35)36)4-2-6-26(27)33(39)40)30-19-7-11-21(12-8-19)42-17-43-22-13-9-20(10-14-22)31-44-16-24-18(15-45-41)3-1-5-25(24)32(37)38/h18-27,31,41H,1-17H2,(H,30,34)(H,35,36). The molecule has 0 radical (unpaired) electrons. The van der Waals surface area contributed by atoms with Crippen molar-refractivity contribution in [2.45, 2.75) is 126 Å². The van der Waals surface area contributed by atoms with Crippen molar-refractivity contribution in [2.75, 3.05) is 20.0 Å². The van der Waals surface area contributed by atoms with E-state index in [0.717, 1.165) is 38.5 Å². The molecule has 0 aromatic rings. The Morgan fingerprint density at radius 2 is 1.33 bits per heavy atom. The number of nitro groups is 2. The minimum atomic E-state index is -1.18. The van der Waals surface area contributed by atoms with Gasteiger partial charge >= 0.3 is 5.97 Å². The summed E-state index contributed by atoms with van der Waals surface area (Å²) in [5.74, 6) is -4.38. The number of carboxylic acid groups (broad SMARTS) is 1. The molecule has 1 amide bonds. The fourth-order valence-corrected chi connectivity index (χ4v) is 7.70. The lowest BCUT2D eigenvalue weighted by Crippen LogP contribution is -2.52. The quantitative estimate of drug-likeness (QED) is 0.0872. The van der Waals surface area contributed by atoms with Crippen LogP contribution in [0.15, 0.2) is 0 Å². The van der Waals surface area contributed by atoms with Crippen LogP contribution in [0.25, 0.3) is 0 Å². The number of nitrogens with one attached hydrogen (secondary N) is 2. The van der Waals surface area contributed by atoms with Gasteiger partial charge in [-0.1, -0.05) is 0 Å². The number of aliphatic carboxylic acids is 1. The topological polar surface area (TPSA) is 222 Å². The molecule has 0 spiro atoms. The molecule has 4 aliphatic rings. The molecule has 4 fully saturated rings. The lowest BCUT2D eigenvalue weighted by atomic mass is 9.75. The molecule has 16 nitrogen and oxygen atoms in total. The van der Waals surface area contributed by atoms with Gasteiger partial charge in [0.25, 0.3) is 0 Å². The molecule has 45 heavy (non-hydrogen) atoms. The number of nitrogens with zero attached hydrogens (tertiary/aromatic N) is 2. The number of hydrogen-bond donors (Lipinski definition) is 4. The van der Waals surface area contributed by atoms with Crippen molar-refractivity contribution in [1.82, 2.24) is 10.8 Å². The maximum atomic E-state index is 13.0. The second kappa shape index (κ2) is 17.4. The molecule has 256 valence electrons. The lowest BCUT2D eigenvalue weighted by molar-refractivity contribution is -0.540. The molecule has 4 N–H and O–H groups in total. The largest absolute Gasteiger partial charge is 0.481 e. The van der Waals surface area contributed by atoms with Crippen LogP contribution in [0.1, 0.15) is 89.9 Å². The van der Waals surface area contributed by atoms with E-state index < -0.39 is 40.7 Å². The van der Waals surface area contributed by atoms with Gasteiger partial charge in [0, 0.05) is 34.8 Å². The predicted octanol–water partition coefficient (Wildman–Crippen LogP) is 2.93. The van der Waals surface area contributed by atoms with Crippen molar-refractivity contribution in [3.05, 3.63) is 20.2 Å². The molecular weight excluding hydrogens is 596 g/mol. The Morgan fingerprint density at radius 3 is 1.91 bits per heavy atom. The van der Waals surface area contributed by atoms with Gasteiger partial charge in [-0.3, -0.25) is 35.1 Å². The number of carbonyl (C=O) groups is 2. The molecule has 16 heteroatoms. The van der Waals surface area contributed by atoms with Gasteiger partial charge in [-0.15, -0.1) is 0 Å². The van der Waals surface area contributed by atoms with E-state index in [-0.39, 0.29) is 73.9 Å². The van der Waals surface area contributed by atoms with E-state index >= 15 is 0 Å². The maximum Gasteiger partial charge on any atom is 0.307 e. The first-order valence-corrected chi connectivity index (χ1v) is 16.3. The first kappa shape index (κ1) is 35.4. The second-order valence-electron chi connectivity index (χ2n) is 13.1. The average Bonchev–Trinajstić information content (AvgIpc) is 3.02. The second-order valence-corrected chi connectivity index (χ2v) is 13.1. The van der Waals surface area contributed by atoms with Gasteiger partial charge in [0.05, 0.1) is 37.3 Å². The molecule has 0 heterocycles. The Morgan fingerprint density at radius 1 is 0.756 bits per heavy atom. The zero-order valence-corrected chi connectivity index (χ0v) is 25.7. The third kappa shape index (κ3) is 9.99. The van der Waals surface area contributed by atoms with Crippen LogP contribution in [-0.4, -0.2) is 88.5 Å². The third-order valence-electron chi connectivity index (χ3n) is 10.3. The van der Waals surface area contributed by atoms with Crippen molar-refractivity contribution in [2.24, 2.45) is 23.7 Å². The number of hydroxylamine groups is 1. The van der Waals surface area contributed by atoms with Crippen LogP contribution in [0.2, 0.25) is 0 Å². The number of carboxylic acids is 1. The van der Waals surface area contributed by atoms with E-state index in [4.69, 9.17) is 19.6 Å². The van der Waals surface area contributed by atoms with Crippen LogP contribution in [0, 0.1) is 43.9 Å². The molecule has 6 unspecified atom stereocenters. The summed E-state index contributed by atoms with van der Waals surface area (Å²) in [5, 5.41) is 44.4. The molecule has 0 aromatic heterocycles. The number of amides is 1. The fourth-order valence-electron chi connectivity index (χ4n) is 7.70. The summed E-state index contributed by atoms with van der Waals surface area (Å²) in [6.45, 7) is 0.396. The Hall–Kier alpha value is -2.50. The first-order chi connectivity index (χ1) is 21.7. The lowest BCUT2D eigenvalue weighted by Gasteiger charge is -2.34. The molecular formula is C29H48N4O12. The number of carbonyl (C=O) groups excluding carboxylic acids is 1. The highest BCUT2D eigenvalue weighted by molar-refractivity contribution is 5.85. The predicted molar refractivity (Wildman–Crippen MR) is 156 cm³/mol. The van der Waals surface area contributed by atoms with E-state index in [1.165, 1.54) is 0 Å².